The van der Waals surface area contributed by atoms with Gasteiger partial charge in [0.05, 0.1) is 0 Å². The van der Waals surface area contributed by atoms with Gasteiger partial charge in [-0.1, -0.05) is 6.07 Å². The third-order valence-corrected chi connectivity index (χ3v) is 2.59. The summed E-state index contributed by atoms with van der Waals surface area (Å²) in [5, 5.41) is 17.4. The molecule has 0 unspecified atom stereocenters. The maximum Gasteiger partial charge on any atom is 0.490 e. The summed E-state index contributed by atoms with van der Waals surface area (Å²) in [5.41, 5.74) is 8.02. The zero-order valence-electron chi connectivity index (χ0n) is 12.6. The van der Waals surface area contributed by atoms with Gasteiger partial charge in [0.25, 0.3) is 0 Å². The molecule has 0 saturated heterocycles. The molecule has 0 fully saturated rings. The first-order valence-corrected chi connectivity index (χ1v) is 6.43. The number of aliphatic carboxylic acids is 2. The SMILES string of the molecule is NC(=O)c1ccc2c(c1)NCC2.O=C(O)C(F)(F)F.O=C(O)C(F)(F)F. The van der Waals surface area contributed by atoms with E-state index in [2.05, 4.69) is 5.32 Å². The lowest BCUT2D eigenvalue weighted by Gasteiger charge is -2.00. The van der Waals surface area contributed by atoms with Gasteiger partial charge in [-0.3, -0.25) is 4.79 Å². The highest BCUT2D eigenvalue weighted by atomic mass is 19.4. The molecule has 1 aliphatic heterocycles. The molecule has 5 N–H and O–H groups in total. The molecule has 13 heteroatoms. The van der Waals surface area contributed by atoms with Crippen LogP contribution in [-0.4, -0.2) is 47.0 Å². The molecule has 0 bridgehead atoms. The van der Waals surface area contributed by atoms with Gasteiger partial charge in [0.2, 0.25) is 5.91 Å². The molecule has 0 aliphatic carbocycles. The van der Waals surface area contributed by atoms with Crippen LogP contribution in [0.4, 0.5) is 32.0 Å². The number of hydrogen-bond acceptors (Lipinski definition) is 4. The van der Waals surface area contributed by atoms with E-state index in [-0.39, 0.29) is 5.91 Å². The molecule has 1 aromatic rings. The first-order valence-electron chi connectivity index (χ1n) is 6.43. The van der Waals surface area contributed by atoms with Crippen molar-refractivity contribution in [3.8, 4) is 0 Å². The van der Waals surface area contributed by atoms with E-state index in [1.165, 1.54) is 5.56 Å². The predicted molar refractivity (Wildman–Crippen MR) is 74.5 cm³/mol. The standard InChI is InChI=1S/C9H10N2O.2C2HF3O2/c10-9(12)7-2-1-6-3-4-11-8(6)5-7;2*3-2(4,5)1(6)7/h1-2,5,11H,3-4H2,(H2,10,12);2*(H,6,7). The highest BCUT2D eigenvalue weighted by Crippen LogP contribution is 2.22. The van der Waals surface area contributed by atoms with Crippen LogP contribution in [0.2, 0.25) is 0 Å². The molecule has 0 aromatic heterocycles. The third kappa shape index (κ3) is 8.21. The van der Waals surface area contributed by atoms with Crippen molar-refractivity contribution in [1.82, 2.24) is 0 Å². The van der Waals surface area contributed by atoms with Gasteiger partial charge in [0, 0.05) is 17.8 Å². The van der Waals surface area contributed by atoms with E-state index in [4.69, 9.17) is 25.5 Å². The molecular formula is C13H12F6N2O5. The Bertz CT molecular complexity index is 648. The normalized spacial score (nSPS) is 12.4. The van der Waals surface area contributed by atoms with E-state index < -0.39 is 24.3 Å². The number of fused-ring (bicyclic) bond motifs is 1. The van der Waals surface area contributed by atoms with Crippen molar-refractivity contribution in [2.45, 2.75) is 18.8 Å². The van der Waals surface area contributed by atoms with E-state index in [9.17, 15) is 31.1 Å². The number of carboxylic acids is 2. The van der Waals surface area contributed by atoms with Crippen LogP contribution in [0.15, 0.2) is 18.2 Å². The maximum absolute atomic E-state index is 10.8. The Balaban J connectivity index is 0.000000390. The number of carbonyl (C=O) groups excluding carboxylic acids is 1. The molecule has 0 saturated carbocycles. The van der Waals surface area contributed by atoms with Crippen molar-refractivity contribution in [2.75, 3.05) is 11.9 Å². The van der Waals surface area contributed by atoms with Gasteiger partial charge in [-0.2, -0.15) is 26.3 Å². The van der Waals surface area contributed by atoms with Gasteiger partial charge in [0.1, 0.15) is 0 Å². The summed E-state index contributed by atoms with van der Waals surface area (Å²) in [6.45, 7) is 0.956. The van der Waals surface area contributed by atoms with Crippen LogP contribution in [-0.2, 0) is 16.0 Å². The summed E-state index contributed by atoms with van der Waals surface area (Å²) in [5.74, 6) is -5.88. The number of halogens is 6. The van der Waals surface area contributed by atoms with E-state index in [0.29, 0.717) is 5.56 Å². The zero-order valence-corrected chi connectivity index (χ0v) is 12.6. The lowest BCUT2D eigenvalue weighted by Crippen LogP contribution is -2.21. The second kappa shape index (κ2) is 8.92. The van der Waals surface area contributed by atoms with E-state index >= 15 is 0 Å². The van der Waals surface area contributed by atoms with E-state index in [1.54, 1.807) is 6.07 Å². The lowest BCUT2D eigenvalue weighted by atomic mass is 10.1. The molecule has 26 heavy (non-hydrogen) atoms. The van der Waals surface area contributed by atoms with Crippen LogP contribution in [0.3, 0.4) is 0 Å². The molecule has 1 amide bonds. The topological polar surface area (TPSA) is 130 Å². The fourth-order valence-corrected chi connectivity index (χ4v) is 1.44. The number of anilines is 1. The van der Waals surface area contributed by atoms with Crippen molar-refractivity contribution in [3.63, 3.8) is 0 Å². The highest BCUT2D eigenvalue weighted by molar-refractivity contribution is 5.94. The zero-order chi connectivity index (χ0) is 20.7. The van der Waals surface area contributed by atoms with Crippen molar-refractivity contribution in [3.05, 3.63) is 29.3 Å². The summed E-state index contributed by atoms with van der Waals surface area (Å²) in [6, 6.07) is 5.54. The van der Waals surface area contributed by atoms with E-state index in [0.717, 1.165) is 18.7 Å². The minimum absolute atomic E-state index is 0.369. The average molecular weight is 390 g/mol. The van der Waals surface area contributed by atoms with Crippen LogP contribution in [0.1, 0.15) is 15.9 Å². The Morgan fingerprint density at radius 1 is 0.962 bits per heavy atom. The number of amides is 1. The minimum Gasteiger partial charge on any atom is -0.475 e. The predicted octanol–water partition coefficient (Wildman–Crippen LogP) is 2.02. The van der Waals surface area contributed by atoms with Gasteiger partial charge < -0.3 is 21.3 Å². The molecule has 2 rings (SSSR count). The van der Waals surface area contributed by atoms with Crippen LogP contribution in [0.5, 0.6) is 0 Å². The molecule has 7 nitrogen and oxygen atoms in total. The number of hydrogen-bond donors (Lipinski definition) is 4. The Morgan fingerprint density at radius 2 is 1.38 bits per heavy atom. The third-order valence-electron chi connectivity index (χ3n) is 2.59. The molecule has 1 aliphatic rings. The highest BCUT2D eigenvalue weighted by Gasteiger charge is 2.38. The molecule has 1 aromatic carbocycles. The van der Waals surface area contributed by atoms with Crippen LogP contribution >= 0.6 is 0 Å². The summed E-state index contributed by atoms with van der Waals surface area (Å²) in [7, 11) is 0. The summed E-state index contributed by atoms with van der Waals surface area (Å²) in [4.78, 5) is 28.6. The Morgan fingerprint density at radius 3 is 1.73 bits per heavy atom. The average Bonchev–Trinajstić information content (AvgIpc) is 2.93. The number of rotatable bonds is 1. The van der Waals surface area contributed by atoms with Gasteiger partial charge in [-0.15, -0.1) is 0 Å². The summed E-state index contributed by atoms with van der Waals surface area (Å²) >= 11 is 0. The van der Waals surface area contributed by atoms with Crippen LogP contribution in [0, 0.1) is 0 Å². The number of nitrogens with two attached hydrogens (primary N) is 1. The van der Waals surface area contributed by atoms with Crippen LogP contribution < -0.4 is 11.1 Å². The molecule has 146 valence electrons. The van der Waals surface area contributed by atoms with Crippen molar-refractivity contribution in [1.29, 1.82) is 0 Å². The second-order valence-corrected chi connectivity index (χ2v) is 4.52. The van der Waals surface area contributed by atoms with E-state index in [1.807, 2.05) is 12.1 Å². The van der Waals surface area contributed by atoms with Crippen molar-refractivity contribution in [2.24, 2.45) is 5.73 Å². The largest absolute Gasteiger partial charge is 0.490 e. The number of benzene rings is 1. The molecule has 0 spiro atoms. The monoisotopic (exact) mass is 390 g/mol. The molecule has 0 atom stereocenters. The maximum atomic E-state index is 10.8. The lowest BCUT2D eigenvalue weighted by molar-refractivity contribution is -0.193. The minimum atomic E-state index is -5.08. The van der Waals surface area contributed by atoms with Crippen molar-refractivity contribution < 1.29 is 50.9 Å². The Kier molecular flexibility index (Phi) is 7.89. The smallest absolute Gasteiger partial charge is 0.475 e. The molecule has 0 radical (unpaired) electrons. The summed E-state index contributed by atoms with van der Waals surface area (Å²) < 4.78 is 63.5. The van der Waals surface area contributed by atoms with Gasteiger partial charge in [-0.05, 0) is 24.1 Å². The fraction of sp³-hybridized carbons (Fsp3) is 0.308. The van der Waals surface area contributed by atoms with Gasteiger partial charge in [-0.25, -0.2) is 9.59 Å². The first kappa shape index (κ1) is 23.0. The Labute approximate surface area is 141 Å². The van der Waals surface area contributed by atoms with Gasteiger partial charge in [0.15, 0.2) is 0 Å². The van der Waals surface area contributed by atoms with Crippen LogP contribution in [0.25, 0.3) is 0 Å². The second-order valence-electron chi connectivity index (χ2n) is 4.52. The van der Waals surface area contributed by atoms with Gasteiger partial charge >= 0.3 is 24.3 Å². The number of primary amides is 1. The quantitative estimate of drug-likeness (QED) is 0.543. The first-order chi connectivity index (χ1) is 11.7. The molecule has 1 heterocycles. The number of carbonyl (C=O) groups is 3. The number of alkyl halides is 6. The fourth-order valence-electron chi connectivity index (χ4n) is 1.44. The molecular weight excluding hydrogens is 378 g/mol. The van der Waals surface area contributed by atoms with Crippen molar-refractivity contribution >= 4 is 23.5 Å². The Hall–Kier alpha value is -2.99. The number of carboxylic acid groups (broad SMARTS) is 2. The number of nitrogens with one attached hydrogen (secondary N) is 1. The summed E-state index contributed by atoms with van der Waals surface area (Å²) in [6.07, 6.45) is -9.13.